The van der Waals surface area contributed by atoms with Crippen LogP contribution in [0, 0.1) is 0 Å². The predicted molar refractivity (Wildman–Crippen MR) is 95.1 cm³/mol. The van der Waals surface area contributed by atoms with Gasteiger partial charge in [-0.1, -0.05) is 0 Å². The minimum Gasteiger partial charge on any atom is -0.493 e. The van der Waals surface area contributed by atoms with E-state index >= 15 is 0 Å². The van der Waals surface area contributed by atoms with Crippen LogP contribution in [-0.4, -0.2) is 67.4 Å². The molecule has 24 heavy (non-hydrogen) atoms. The van der Waals surface area contributed by atoms with Crippen molar-refractivity contribution in [1.29, 1.82) is 0 Å². The first-order valence-corrected chi connectivity index (χ1v) is 9.41. The second kappa shape index (κ2) is 9.99. The normalized spacial score (nSPS) is 11.9. The van der Waals surface area contributed by atoms with Crippen LogP contribution in [0.1, 0.15) is 0 Å². The molecule has 0 heterocycles. The van der Waals surface area contributed by atoms with Gasteiger partial charge in [-0.05, 0) is 12.1 Å². The maximum atomic E-state index is 11.0. The molecule has 0 unspecified atom stereocenters. The summed E-state index contributed by atoms with van der Waals surface area (Å²) < 4.78 is 37.7. The monoisotopic (exact) mass is 359 g/mol. The Hall–Kier alpha value is -2.00. The van der Waals surface area contributed by atoms with Gasteiger partial charge in [0.1, 0.15) is 9.84 Å². The molecule has 0 saturated heterocycles. The molecule has 0 aliphatic rings. The Morgan fingerprint density at radius 3 is 2.46 bits per heavy atom. The van der Waals surface area contributed by atoms with E-state index in [0.29, 0.717) is 30.6 Å². The van der Waals surface area contributed by atoms with E-state index in [-0.39, 0.29) is 12.4 Å². The van der Waals surface area contributed by atoms with Gasteiger partial charge in [-0.25, -0.2) is 8.42 Å². The summed E-state index contributed by atoms with van der Waals surface area (Å²) in [5.74, 6) is 1.84. The number of benzene rings is 1. The van der Waals surface area contributed by atoms with Crippen molar-refractivity contribution in [2.45, 2.75) is 0 Å². The van der Waals surface area contributed by atoms with Gasteiger partial charge in [0.25, 0.3) is 0 Å². The molecule has 1 aromatic carbocycles. The minimum absolute atomic E-state index is 0.0195. The van der Waals surface area contributed by atoms with Crippen LogP contribution in [0.25, 0.3) is 0 Å². The largest absolute Gasteiger partial charge is 0.493 e. The van der Waals surface area contributed by atoms with Crippen LogP contribution in [0.3, 0.4) is 0 Å². The van der Waals surface area contributed by atoms with Gasteiger partial charge in [0.15, 0.2) is 17.5 Å². The van der Waals surface area contributed by atoms with Crippen molar-refractivity contribution in [3.63, 3.8) is 0 Å². The smallest absolute Gasteiger partial charge is 0.195 e. The highest BCUT2D eigenvalue weighted by atomic mass is 32.2. The topological polar surface area (TPSA) is 98.3 Å². The fraction of sp³-hybridized carbons (Fsp3) is 0.533. The van der Waals surface area contributed by atoms with E-state index in [4.69, 9.17) is 14.2 Å². The van der Waals surface area contributed by atoms with Crippen molar-refractivity contribution in [3.05, 3.63) is 18.2 Å². The molecule has 2 N–H and O–H groups in total. The minimum atomic E-state index is -2.99. The molecule has 0 atom stereocenters. The van der Waals surface area contributed by atoms with Crippen LogP contribution >= 0.6 is 0 Å². The standard InChI is InChI=1S/C15H25N3O5S/c1-16-15(17-7-8-23-9-10-24(4,19)20)18-12-5-6-13(21-2)14(11-12)22-3/h5-6,11H,7-10H2,1-4H3,(H2,16,17,18). The lowest BCUT2D eigenvalue weighted by atomic mass is 10.3. The van der Waals surface area contributed by atoms with Crippen molar-refractivity contribution < 1.29 is 22.6 Å². The number of hydrogen-bond donors (Lipinski definition) is 2. The fourth-order valence-corrected chi connectivity index (χ4v) is 2.20. The van der Waals surface area contributed by atoms with Crippen molar-refractivity contribution >= 4 is 21.5 Å². The Labute approximate surface area is 143 Å². The van der Waals surface area contributed by atoms with Gasteiger partial charge in [-0.15, -0.1) is 0 Å². The van der Waals surface area contributed by atoms with E-state index in [2.05, 4.69) is 15.6 Å². The number of hydrogen-bond acceptors (Lipinski definition) is 6. The number of rotatable bonds is 9. The van der Waals surface area contributed by atoms with Crippen LogP contribution in [0.2, 0.25) is 0 Å². The van der Waals surface area contributed by atoms with E-state index in [0.717, 1.165) is 5.69 Å². The molecule has 1 rings (SSSR count). The molecule has 8 nitrogen and oxygen atoms in total. The molecule has 0 aliphatic carbocycles. The van der Waals surface area contributed by atoms with Crippen LogP contribution in [0.4, 0.5) is 5.69 Å². The second-order valence-electron chi connectivity index (χ2n) is 4.94. The molecule has 0 spiro atoms. The zero-order chi connectivity index (χ0) is 18.0. The third-order valence-corrected chi connectivity index (χ3v) is 3.92. The first kappa shape index (κ1) is 20.0. The molecular formula is C15H25N3O5S. The summed E-state index contributed by atoms with van der Waals surface area (Å²) in [5, 5.41) is 6.20. The average molecular weight is 359 g/mol. The maximum Gasteiger partial charge on any atom is 0.195 e. The van der Waals surface area contributed by atoms with Crippen molar-refractivity contribution in [2.24, 2.45) is 4.99 Å². The summed E-state index contributed by atoms with van der Waals surface area (Å²) in [4.78, 5) is 4.11. The lowest BCUT2D eigenvalue weighted by Gasteiger charge is -2.14. The highest BCUT2D eigenvalue weighted by Gasteiger charge is 2.06. The van der Waals surface area contributed by atoms with Crippen LogP contribution in [-0.2, 0) is 14.6 Å². The Morgan fingerprint density at radius 2 is 1.88 bits per heavy atom. The van der Waals surface area contributed by atoms with Crippen molar-refractivity contribution in [1.82, 2.24) is 5.32 Å². The highest BCUT2D eigenvalue weighted by molar-refractivity contribution is 7.90. The van der Waals surface area contributed by atoms with Gasteiger partial charge in [0.2, 0.25) is 0 Å². The summed E-state index contributed by atoms with van der Waals surface area (Å²) in [6, 6.07) is 5.44. The quantitative estimate of drug-likeness (QED) is 0.381. The van der Waals surface area contributed by atoms with Gasteiger partial charge in [0.05, 0.1) is 33.2 Å². The van der Waals surface area contributed by atoms with Crippen LogP contribution < -0.4 is 20.1 Å². The van der Waals surface area contributed by atoms with Gasteiger partial charge in [0, 0.05) is 31.6 Å². The lowest BCUT2D eigenvalue weighted by molar-refractivity contribution is 0.154. The summed E-state index contributed by atoms with van der Waals surface area (Å²) in [7, 11) is 1.81. The molecule has 0 radical (unpaired) electrons. The van der Waals surface area contributed by atoms with Gasteiger partial charge >= 0.3 is 0 Å². The Bertz CT molecular complexity index is 647. The number of guanidine groups is 1. The Kier molecular flexibility index (Phi) is 8.34. The van der Waals surface area contributed by atoms with Gasteiger partial charge < -0.3 is 24.8 Å². The third-order valence-electron chi connectivity index (χ3n) is 3.01. The lowest BCUT2D eigenvalue weighted by Crippen LogP contribution is -2.33. The zero-order valence-corrected chi connectivity index (χ0v) is 15.3. The number of methoxy groups -OCH3 is 2. The van der Waals surface area contributed by atoms with Crippen molar-refractivity contribution in [3.8, 4) is 11.5 Å². The molecular weight excluding hydrogens is 334 g/mol. The summed E-state index contributed by atoms with van der Waals surface area (Å²) in [6.45, 7) is 1.06. The maximum absolute atomic E-state index is 11.0. The average Bonchev–Trinajstić information content (AvgIpc) is 2.55. The molecule has 0 amide bonds. The van der Waals surface area contributed by atoms with E-state index < -0.39 is 9.84 Å². The highest BCUT2D eigenvalue weighted by Crippen LogP contribution is 2.29. The number of sulfone groups is 1. The molecule has 136 valence electrons. The molecule has 0 fully saturated rings. The molecule has 0 bridgehead atoms. The van der Waals surface area contributed by atoms with Gasteiger partial charge in [-0.2, -0.15) is 0 Å². The van der Waals surface area contributed by atoms with E-state index in [1.165, 1.54) is 6.26 Å². The predicted octanol–water partition coefficient (Wildman–Crippen LogP) is 0.752. The molecule has 0 aromatic heterocycles. The molecule has 0 aliphatic heterocycles. The number of nitrogens with zero attached hydrogens (tertiary/aromatic N) is 1. The van der Waals surface area contributed by atoms with Crippen LogP contribution in [0.5, 0.6) is 11.5 Å². The Balaban J connectivity index is 2.43. The first-order chi connectivity index (χ1) is 11.4. The first-order valence-electron chi connectivity index (χ1n) is 7.34. The molecule has 9 heteroatoms. The number of anilines is 1. The van der Waals surface area contributed by atoms with E-state index in [9.17, 15) is 8.42 Å². The Morgan fingerprint density at radius 1 is 1.17 bits per heavy atom. The van der Waals surface area contributed by atoms with Gasteiger partial charge in [-0.3, -0.25) is 4.99 Å². The zero-order valence-electron chi connectivity index (χ0n) is 14.5. The molecule has 1 aromatic rings. The third kappa shape index (κ3) is 7.51. The second-order valence-corrected chi connectivity index (χ2v) is 7.20. The summed E-state index contributed by atoms with van der Waals surface area (Å²) >= 11 is 0. The molecule has 0 saturated carbocycles. The number of aliphatic imine (C=N–C) groups is 1. The van der Waals surface area contributed by atoms with E-state index in [1.807, 2.05) is 6.07 Å². The summed E-state index contributed by atoms with van der Waals surface area (Å²) in [6.07, 6.45) is 1.18. The van der Waals surface area contributed by atoms with E-state index in [1.54, 1.807) is 33.4 Å². The SMILES string of the molecule is CN=C(NCCOCCS(C)(=O)=O)Nc1ccc(OC)c(OC)c1. The van der Waals surface area contributed by atoms with Crippen LogP contribution in [0.15, 0.2) is 23.2 Å². The van der Waals surface area contributed by atoms with Crippen molar-refractivity contribution in [2.75, 3.05) is 58.4 Å². The fourth-order valence-electron chi connectivity index (χ4n) is 1.78. The summed E-state index contributed by atoms with van der Waals surface area (Å²) in [5.41, 5.74) is 0.791. The number of ether oxygens (including phenoxy) is 3. The number of nitrogens with one attached hydrogen (secondary N) is 2.